The van der Waals surface area contributed by atoms with Crippen molar-refractivity contribution in [3.05, 3.63) is 94.2 Å². The molecule has 0 spiro atoms. The second kappa shape index (κ2) is 9.99. The maximum atomic E-state index is 13.4. The molecule has 0 fully saturated rings. The van der Waals surface area contributed by atoms with Crippen molar-refractivity contribution in [3.8, 4) is 11.5 Å². The van der Waals surface area contributed by atoms with E-state index in [1.54, 1.807) is 28.8 Å². The number of aromatic nitrogens is 1. The van der Waals surface area contributed by atoms with Gasteiger partial charge in [0, 0.05) is 25.2 Å². The maximum Gasteiger partial charge on any atom is 0.257 e. The summed E-state index contributed by atoms with van der Waals surface area (Å²) in [6.07, 6.45) is 3.29. The van der Waals surface area contributed by atoms with Crippen LogP contribution >= 0.6 is 0 Å². The Morgan fingerprint density at radius 3 is 2.56 bits per heavy atom. The third-order valence-corrected chi connectivity index (χ3v) is 6.08. The summed E-state index contributed by atoms with van der Waals surface area (Å²) in [7, 11) is 0. The van der Waals surface area contributed by atoms with Crippen LogP contribution in [0.4, 0.5) is 0 Å². The number of hydrogen-bond donors (Lipinski definition) is 2. The predicted molar refractivity (Wildman–Crippen MR) is 132 cm³/mol. The first-order valence-corrected chi connectivity index (χ1v) is 11.6. The van der Waals surface area contributed by atoms with Crippen LogP contribution in [0.5, 0.6) is 11.5 Å². The summed E-state index contributed by atoms with van der Waals surface area (Å²) in [5.74, 6) is 0.586. The second-order valence-electron chi connectivity index (χ2n) is 8.39. The molecule has 0 radical (unpaired) electrons. The quantitative estimate of drug-likeness (QED) is 0.395. The van der Waals surface area contributed by atoms with Gasteiger partial charge in [-0.1, -0.05) is 30.3 Å². The van der Waals surface area contributed by atoms with Gasteiger partial charge < -0.3 is 29.1 Å². The fourth-order valence-electron chi connectivity index (χ4n) is 4.21. The smallest absolute Gasteiger partial charge is 0.257 e. The number of aryl methyl sites for hydroxylation is 1. The largest absolute Gasteiger partial charge is 0.467 e. The minimum absolute atomic E-state index is 0.0555. The predicted octanol–water partition coefficient (Wildman–Crippen LogP) is 3.00. The average Bonchev–Trinajstić information content (AvgIpc) is 3.58. The van der Waals surface area contributed by atoms with Crippen LogP contribution in [0.1, 0.15) is 28.6 Å². The van der Waals surface area contributed by atoms with Gasteiger partial charge in [-0.05, 0) is 30.7 Å². The number of carbonyl (C=O) groups excluding carboxylic acids is 2. The summed E-state index contributed by atoms with van der Waals surface area (Å²) in [6, 6.07) is 15.3. The number of nitrogens with one attached hydrogen (secondary N) is 2. The van der Waals surface area contributed by atoms with Crippen LogP contribution in [0, 0.1) is 0 Å². The van der Waals surface area contributed by atoms with E-state index in [4.69, 9.17) is 13.9 Å². The molecule has 1 unspecified atom stereocenters. The molecule has 5 rings (SSSR count). The van der Waals surface area contributed by atoms with Gasteiger partial charge >= 0.3 is 0 Å². The van der Waals surface area contributed by atoms with Crippen LogP contribution in [0.2, 0.25) is 0 Å². The first kappa shape index (κ1) is 23.2. The third kappa shape index (κ3) is 4.68. The number of nitrogens with zero attached hydrogens (tertiary/aromatic N) is 1. The molecule has 2 N–H and O–H groups in total. The Bertz CT molecular complexity index is 1460. The van der Waals surface area contributed by atoms with Gasteiger partial charge in [0.1, 0.15) is 17.4 Å². The highest BCUT2D eigenvalue weighted by atomic mass is 16.7. The van der Waals surface area contributed by atoms with Gasteiger partial charge in [0.15, 0.2) is 11.5 Å². The molecule has 3 heterocycles. The number of carbonyl (C=O) groups is 2. The summed E-state index contributed by atoms with van der Waals surface area (Å²) >= 11 is 0. The zero-order chi connectivity index (χ0) is 25.1. The Kier molecular flexibility index (Phi) is 6.44. The van der Waals surface area contributed by atoms with E-state index in [9.17, 15) is 14.4 Å². The van der Waals surface area contributed by atoms with E-state index >= 15 is 0 Å². The number of amides is 2. The normalized spacial score (nSPS) is 12.9. The summed E-state index contributed by atoms with van der Waals surface area (Å²) < 4.78 is 17.9. The maximum absolute atomic E-state index is 13.4. The molecule has 4 aromatic rings. The molecule has 0 saturated heterocycles. The number of pyridine rings is 1. The van der Waals surface area contributed by atoms with Crippen molar-refractivity contribution in [2.75, 3.05) is 6.79 Å². The first-order chi connectivity index (χ1) is 17.5. The Morgan fingerprint density at radius 2 is 1.83 bits per heavy atom. The minimum Gasteiger partial charge on any atom is -0.467 e. The van der Waals surface area contributed by atoms with Crippen molar-refractivity contribution in [2.24, 2.45) is 0 Å². The highest BCUT2D eigenvalue weighted by Crippen LogP contribution is 2.35. The van der Waals surface area contributed by atoms with Crippen molar-refractivity contribution >= 4 is 22.7 Å². The Balaban J connectivity index is 1.44. The van der Waals surface area contributed by atoms with Crippen molar-refractivity contribution in [1.82, 2.24) is 15.2 Å². The highest BCUT2D eigenvalue weighted by Gasteiger charge is 2.25. The van der Waals surface area contributed by atoms with Crippen LogP contribution < -0.4 is 25.5 Å². The minimum atomic E-state index is -0.906. The van der Waals surface area contributed by atoms with Gasteiger partial charge in [-0.3, -0.25) is 14.4 Å². The fraction of sp³-hybridized carbons (Fsp3) is 0.222. The molecule has 2 aromatic carbocycles. The van der Waals surface area contributed by atoms with Crippen molar-refractivity contribution in [1.29, 1.82) is 0 Å². The number of furan rings is 1. The van der Waals surface area contributed by atoms with Crippen LogP contribution in [-0.4, -0.2) is 29.2 Å². The van der Waals surface area contributed by atoms with E-state index in [2.05, 4.69) is 10.6 Å². The van der Waals surface area contributed by atoms with Gasteiger partial charge in [-0.25, -0.2) is 0 Å². The van der Waals surface area contributed by atoms with E-state index in [1.165, 1.54) is 12.5 Å². The van der Waals surface area contributed by atoms with Crippen LogP contribution in [0.25, 0.3) is 10.9 Å². The molecule has 0 bridgehead atoms. The van der Waals surface area contributed by atoms with Gasteiger partial charge in [0.25, 0.3) is 5.91 Å². The van der Waals surface area contributed by atoms with E-state index in [0.717, 1.165) is 5.56 Å². The highest BCUT2D eigenvalue weighted by molar-refractivity contribution is 6.00. The van der Waals surface area contributed by atoms with E-state index in [0.29, 0.717) is 34.7 Å². The van der Waals surface area contributed by atoms with E-state index < -0.39 is 17.4 Å². The summed E-state index contributed by atoms with van der Waals surface area (Å²) in [4.78, 5) is 39.8. The summed E-state index contributed by atoms with van der Waals surface area (Å²) in [5.41, 5.74) is 1.01. The zero-order valence-electron chi connectivity index (χ0n) is 19.7. The molecule has 1 aliphatic rings. The van der Waals surface area contributed by atoms with Crippen LogP contribution in [0.3, 0.4) is 0 Å². The lowest BCUT2D eigenvalue weighted by atomic mass is 10.0. The molecule has 9 heteroatoms. The van der Waals surface area contributed by atoms with Crippen LogP contribution in [0.15, 0.2) is 76.3 Å². The molecule has 36 heavy (non-hydrogen) atoms. The summed E-state index contributed by atoms with van der Waals surface area (Å²) in [6.45, 7) is 2.69. The Morgan fingerprint density at radius 1 is 1.06 bits per heavy atom. The average molecular weight is 488 g/mol. The molecule has 2 amide bonds. The lowest BCUT2D eigenvalue weighted by Gasteiger charge is -2.19. The second-order valence-corrected chi connectivity index (χ2v) is 8.39. The molecule has 1 atom stereocenters. The number of hydrogen-bond acceptors (Lipinski definition) is 6. The van der Waals surface area contributed by atoms with Crippen molar-refractivity contribution in [3.63, 3.8) is 0 Å². The van der Waals surface area contributed by atoms with E-state index in [-0.39, 0.29) is 31.2 Å². The lowest BCUT2D eigenvalue weighted by molar-refractivity contribution is -0.123. The van der Waals surface area contributed by atoms with Gasteiger partial charge in [-0.2, -0.15) is 0 Å². The van der Waals surface area contributed by atoms with E-state index in [1.807, 2.05) is 37.3 Å². The topological polar surface area (TPSA) is 112 Å². The van der Waals surface area contributed by atoms with Crippen LogP contribution in [-0.2, 0) is 24.3 Å². The SMILES string of the molecule is CCn1cc(C(=O)NC(Cc2ccccc2)C(=O)NCc2ccco2)c(=O)c2cc3c(cc21)OCO3. The first-order valence-electron chi connectivity index (χ1n) is 11.6. The number of rotatable bonds is 8. The molecule has 0 aliphatic carbocycles. The molecule has 184 valence electrons. The number of benzene rings is 2. The molecule has 2 aromatic heterocycles. The lowest BCUT2D eigenvalue weighted by Crippen LogP contribution is -2.48. The zero-order valence-corrected chi connectivity index (χ0v) is 19.7. The number of fused-ring (bicyclic) bond motifs is 2. The fourth-order valence-corrected chi connectivity index (χ4v) is 4.21. The molecular weight excluding hydrogens is 462 g/mol. The van der Waals surface area contributed by atoms with Gasteiger partial charge in [0.05, 0.1) is 23.7 Å². The molecule has 1 aliphatic heterocycles. The Hall–Kier alpha value is -4.53. The van der Waals surface area contributed by atoms with Gasteiger partial charge in [0.2, 0.25) is 18.1 Å². The molecule has 9 nitrogen and oxygen atoms in total. The number of ether oxygens (including phenoxy) is 2. The standard InChI is InChI=1S/C27H25N3O6/c1-2-30-15-20(25(31)19-12-23-24(13-22(19)30)36-16-35-23)26(32)29-21(11-17-7-4-3-5-8-17)27(33)28-14-18-9-6-10-34-18/h3-10,12-13,15,21H,2,11,14,16H2,1H3,(H,28,33)(H,29,32). The Labute approximate surface area is 206 Å². The summed E-state index contributed by atoms with van der Waals surface area (Å²) in [5, 5.41) is 5.91. The van der Waals surface area contributed by atoms with Crippen molar-refractivity contribution < 1.29 is 23.5 Å². The van der Waals surface area contributed by atoms with Gasteiger partial charge in [-0.15, -0.1) is 0 Å². The monoisotopic (exact) mass is 487 g/mol. The molecular formula is C27H25N3O6. The third-order valence-electron chi connectivity index (χ3n) is 6.08. The molecule has 0 saturated carbocycles. The van der Waals surface area contributed by atoms with Crippen molar-refractivity contribution in [2.45, 2.75) is 32.5 Å².